The Balaban J connectivity index is 2.07. The summed E-state index contributed by atoms with van der Waals surface area (Å²) >= 11 is 1.31. The van der Waals surface area contributed by atoms with Crippen LogP contribution in [0.15, 0.2) is 50.9 Å². The fourth-order valence-electron chi connectivity index (χ4n) is 1.68. The van der Waals surface area contributed by atoms with Gasteiger partial charge in [0.1, 0.15) is 5.75 Å². The van der Waals surface area contributed by atoms with E-state index in [1.54, 1.807) is 29.8 Å². The molecule has 0 saturated heterocycles. The zero-order chi connectivity index (χ0) is 13.9. The zero-order valence-electron chi connectivity index (χ0n) is 10.1. The van der Waals surface area contributed by atoms with Crippen LogP contribution >= 0.6 is 11.3 Å². The van der Waals surface area contributed by atoms with Crippen LogP contribution in [-0.2, 0) is 0 Å². The third-order valence-electron chi connectivity index (χ3n) is 2.58. The molecule has 0 atom stereocenters. The van der Waals surface area contributed by atoms with Crippen molar-refractivity contribution in [2.45, 2.75) is 0 Å². The summed E-state index contributed by atoms with van der Waals surface area (Å²) in [5.74, 6) is 0.0495. The van der Waals surface area contributed by atoms with Crippen LogP contribution in [0.25, 0.3) is 11.3 Å². The van der Waals surface area contributed by atoms with Crippen LogP contribution in [0.3, 0.4) is 0 Å². The average molecular weight is 287 g/mol. The van der Waals surface area contributed by atoms with Crippen molar-refractivity contribution in [2.75, 3.05) is 0 Å². The van der Waals surface area contributed by atoms with E-state index >= 15 is 0 Å². The number of nitrogens with one attached hydrogen (secondary N) is 2. The Kier molecular flexibility index (Phi) is 3.13. The number of aromatic nitrogens is 3. The monoisotopic (exact) mass is 287 g/mol. The fraction of sp³-hybridized carbons (Fsp3) is 0. The van der Waals surface area contributed by atoms with Crippen molar-refractivity contribution in [3.63, 3.8) is 0 Å². The lowest BCUT2D eigenvalue weighted by Crippen LogP contribution is -1.96. The highest BCUT2D eigenvalue weighted by Crippen LogP contribution is 2.32. The maximum Gasteiger partial charge on any atom is 0.292 e. The van der Waals surface area contributed by atoms with Crippen LogP contribution in [0.4, 0.5) is 10.8 Å². The van der Waals surface area contributed by atoms with Crippen molar-refractivity contribution in [1.29, 1.82) is 0 Å². The number of para-hydroxylation sites is 1. The van der Waals surface area contributed by atoms with E-state index in [1.807, 2.05) is 0 Å². The lowest BCUT2D eigenvalue weighted by Gasteiger charge is -2.01. The number of hydrogen-bond donors (Lipinski definition) is 3. The van der Waals surface area contributed by atoms with Crippen molar-refractivity contribution in [3.8, 4) is 17.0 Å². The van der Waals surface area contributed by atoms with Crippen LogP contribution < -0.4 is 5.56 Å². The van der Waals surface area contributed by atoms with E-state index in [0.29, 0.717) is 16.4 Å². The van der Waals surface area contributed by atoms with Gasteiger partial charge in [0.25, 0.3) is 5.56 Å². The lowest BCUT2D eigenvalue weighted by atomic mass is 10.1. The Hall–Kier alpha value is -2.74. The van der Waals surface area contributed by atoms with Gasteiger partial charge in [-0.25, -0.2) is 4.98 Å². The lowest BCUT2D eigenvalue weighted by molar-refractivity contribution is 0.477. The Morgan fingerprint density at radius 2 is 2.05 bits per heavy atom. The highest BCUT2D eigenvalue weighted by molar-refractivity contribution is 7.13. The Bertz CT molecular complexity index is 803. The number of thiazole rings is 1. The summed E-state index contributed by atoms with van der Waals surface area (Å²) in [5.41, 5.74) is 0.539. The smallest absolute Gasteiger partial charge is 0.292 e. The molecule has 3 rings (SSSR count). The zero-order valence-corrected chi connectivity index (χ0v) is 10.9. The van der Waals surface area contributed by atoms with Gasteiger partial charge in [0.2, 0.25) is 5.13 Å². The molecule has 2 heterocycles. The number of rotatable bonds is 3. The molecule has 0 bridgehead atoms. The second kappa shape index (κ2) is 5.10. The molecule has 7 nitrogen and oxygen atoms in total. The fourth-order valence-corrected chi connectivity index (χ4v) is 2.14. The molecule has 0 aliphatic carbocycles. The Morgan fingerprint density at radius 1 is 1.20 bits per heavy atom. The molecule has 0 amide bonds. The number of benzene rings is 1. The van der Waals surface area contributed by atoms with Crippen molar-refractivity contribution in [1.82, 2.24) is 15.2 Å². The van der Waals surface area contributed by atoms with Gasteiger partial charge in [0.15, 0.2) is 5.69 Å². The maximum atomic E-state index is 11.7. The van der Waals surface area contributed by atoms with Crippen LogP contribution in [0.2, 0.25) is 0 Å². The molecule has 100 valence electrons. The minimum atomic E-state index is -0.413. The van der Waals surface area contributed by atoms with Gasteiger partial charge in [0, 0.05) is 17.1 Å². The molecule has 0 unspecified atom stereocenters. The molecule has 0 fully saturated rings. The summed E-state index contributed by atoms with van der Waals surface area (Å²) in [5, 5.41) is 25.0. The summed E-state index contributed by atoms with van der Waals surface area (Å²) in [6, 6.07) is 6.65. The summed E-state index contributed by atoms with van der Waals surface area (Å²) in [4.78, 5) is 15.7. The van der Waals surface area contributed by atoms with E-state index in [2.05, 4.69) is 25.4 Å². The van der Waals surface area contributed by atoms with Gasteiger partial charge in [-0.1, -0.05) is 12.1 Å². The molecule has 1 aromatic carbocycles. The normalized spacial score (nSPS) is 11.2. The molecule has 2 aromatic heterocycles. The van der Waals surface area contributed by atoms with Gasteiger partial charge < -0.3 is 5.11 Å². The first kappa shape index (κ1) is 12.3. The predicted octanol–water partition coefficient (Wildman–Crippen LogP) is 2.95. The van der Waals surface area contributed by atoms with E-state index < -0.39 is 5.56 Å². The maximum absolute atomic E-state index is 11.7. The van der Waals surface area contributed by atoms with Crippen LogP contribution in [0, 0.1) is 0 Å². The molecule has 0 spiro atoms. The Labute approximate surface area is 116 Å². The average Bonchev–Trinajstić information content (AvgIpc) is 3.07. The van der Waals surface area contributed by atoms with Crippen LogP contribution in [0.1, 0.15) is 0 Å². The van der Waals surface area contributed by atoms with Gasteiger partial charge in [-0.3, -0.25) is 15.0 Å². The number of phenolic OH excluding ortho intramolecular Hbond substituents is 1. The molecular weight excluding hydrogens is 278 g/mol. The first-order valence-corrected chi connectivity index (χ1v) is 6.54. The highest BCUT2D eigenvalue weighted by atomic mass is 32.1. The largest absolute Gasteiger partial charge is 0.507 e. The van der Waals surface area contributed by atoms with Gasteiger partial charge >= 0.3 is 0 Å². The number of nitrogens with zero attached hydrogens (tertiary/aromatic N) is 3. The van der Waals surface area contributed by atoms with Crippen LogP contribution in [0.5, 0.6) is 5.75 Å². The molecule has 0 aliphatic heterocycles. The summed E-state index contributed by atoms with van der Waals surface area (Å²) in [7, 11) is 0. The van der Waals surface area contributed by atoms with E-state index in [1.165, 1.54) is 17.4 Å². The number of aromatic amines is 2. The number of aromatic hydroxyl groups is 1. The van der Waals surface area contributed by atoms with Crippen molar-refractivity contribution < 1.29 is 5.11 Å². The topological polar surface area (TPSA) is 106 Å². The first-order valence-electron chi connectivity index (χ1n) is 5.66. The number of azo groups is 1. The van der Waals surface area contributed by atoms with Gasteiger partial charge in [0.05, 0.1) is 5.69 Å². The molecule has 8 heteroatoms. The van der Waals surface area contributed by atoms with Crippen molar-refractivity contribution >= 4 is 22.2 Å². The second-order valence-electron chi connectivity index (χ2n) is 3.83. The first-order chi connectivity index (χ1) is 9.75. The van der Waals surface area contributed by atoms with E-state index in [0.717, 1.165) is 0 Å². The predicted molar refractivity (Wildman–Crippen MR) is 74.8 cm³/mol. The molecule has 0 saturated carbocycles. The van der Waals surface area contributed by atoms with E-state index in [9.17, 15) is 9.90 Å². The van der Waals surface area contributed by atoms with Crippen molar-refractivity contribution in [2.24, 2.45) is 10.2 Å². The molecule has 20 heavy (non-hydrogen) atoms. The molecule has 0 aliphatic rings. The molecule has 3 aromatic rings. The highest BCUT2D eigenvalue weighted by Gasteiger charge is 2.14. The minimum Gasteiger partial charge on any atom is -0.507 e. The third kappa shape index (κ3) is 2.24. The van der Waals surface area contributed by atoms with E-state index in [-0.39, 0.29) is 11.4 Å². The van der Waals surface area contributed by atoms with Gasteiger partial charge in [-0.15, -0.1) is 21.6 Å². The SMILES string of the molecule is O=c1[nH][nH]c(-c2ccccc2O)c1N=Nc1nccs1. The standard InChI is InChI=1S/C12H9N5O2S/c18-8-4-2-1-3-7(8)9-10(11(19)16-14-9)15-17-12-13-5-6-20-12/h1-6,18H,(H2,14,16,19). The quantitative estimate of drug-likeness (QED) is 0.644. The van der Waals surface area contributed by atoms with Gasteiger partial charge in [-0.05, 0) is 12.1 Å². The number of hydrogen-bond acceptors (Lipinski definition) is 6. The number of H-pyrrole nitrogens is 2. The molecule has 0 radical (unpaired) electrons. The van der Waals surface area contributed by atoms with Crippen molar-refractivity contribution in [3.05, 3.63) is 46.2 Å². The Morgan fingerprint density at radius 3 is 2.80 bits per heavy atom. The summed E-state index contributed by atoms with van der Waals surface area (Å²) in [6.45, 7) is 0. The van der Waals surface area contributed by atoms with E-state index in [4.69, 9.17) is 0 Å². The number of phenols is 1. The molecule has 3 N–H and O–H groups in total. The summed E-state index contributed by atoms with van der Waals surface area (Å²) < 4.78 is 0. The van der Waals surface area contributed by atoms with Crippen LogP contribution in [-0.4, -0.2) is 20.3 Å². The minimum absolute atomic E-state index is 0.0495. The second-order valence-corrected chi connectivity index (χ2v) is 4.71. The van der Waals surface area contributed by atoms with Gasteiger partial charge in [-0.2, -0.15) is 0 Å². The molecular formula is C12H9N5O2S. The third-order valence-corrected chi connectivity index (χ3v) is 3.24. The summed E-state index contributed by atoms with van der Waals surface area (Å²) in [6.07, 6.45) is 1.60.